The van der Waals surface area contributed by atoms with Gasteiger partial charge in [-0.25, -0.2) is 9.59 Å². The fourth-order valence-corrected chi connectivity index (χ4v) is 4.43. The van der Waals surface area contributed by atoms with Crippen molar-refractivity contribution in [1.29, 1.82) is 0 Å². The minimum atomic E-state index is -0.916. The highest BCUT2D eigenvalue weighted by molar-refractivity contribution is 5.94. The molecule has 188 valence electrons. The lowest BCUT2D eigenvalue weighted by molar-refractivity contribution is -0.139. The summed E-state index contributed by atoms with van der Waals surface area (Å²) in [5.41, 5.74) is 7.69. The normalized spacial score (nSPS) is 14.6. The first kappa shape index (κ1) is 24.0. The molecule has 2 heterocycles. The molecule has 2 N–H and O–H groups in total. The zero-order valence-corrected chi connectivity index (χ0v) is 20.4. The number of benzene rings is 3. The Bertz CT molecular complexity index is 1560. The van der Waals surface area contributed by atoms with Gasteiger partial charge in [-0.2, -0.15) is 0 Å². The molecule has 1 aliphatic heterocycles. The van der Waals surface area contributed by atoms with E-state index in [0.717, 1.165) is 5.56 Å². The summed E-state index contributed by atoms with van der Waals surface area (Å²) in [4.78, 5) is 26.3. The molecule has 37 heavy (non-hydrogen) atoms. The zero-order valence-electron chi connectivity index (χ0n) is 20.4. The molecule has 8 heteroatoms. The summed E-state index contributed by atoms with van der Waals surface area (Å²) in [6, 6.07) is 21.9. The molecule has 0 saturated carbocycles. The van der Waals surface area contributed by atoms with Crippen LogP contribution in [0.25, 0.3) is 11.0 Å². The van der Waals surface area contributed by atoms with E-state index in [9.17, 15) is 9.59 Å². The highest BCUT2D eigenvalue weighted by Gasteiger charge is 2.39. The van der Waals surface area contributed by atoms with Gasteiger partial charge in [-0.15, -0.1) is 0 Å². The molecule has 0 saturated heterocycles. The number of para-hydroxylation sites is 1. The number of ether oxygens (including phenoxy) is 4. The van der Waals surface area contributed by atoms with Crippen LogP contribution in [0.4, 0.5) is 0 Å². The van der Waals surface area contributed by atoms with Crippen molar-refractivity contribution in [2.45, 2.75) is 19.4 Å². The Kier molecular flexibility index (Phi) is 6.55. The van der Waals surface area contributed by atoms with Crippen molar-refractivity contribution in [3.8, 4) is 17.2 Å². The van der Waals surface area contributed by atoms with Crippen LogP contribution in [0.1, 0.15) is 29.5 Å². The second-order valence-electron chi connectivity index (χ2n) is 8.35. The average molecular weight is 500 g/mol. The number of fused-ring (bicyclic) bond motifs is 3. The Hall–Kier alpha value is -4.72. The number of esters is 1. The van der Waals surface area contributed by atoms with Crippen LogP contribution >= 0.6 is 0 Å². The standard InChI is InChI=1S/C29H25NO7/c1-3-34-28(31)25-23(24-26(37-27(25)30)19-11-7-8-12-20(19)36-29(24)32)18-13-14-21(22(15-18)33-2)35-16-17-9-5-4-6-10-17/h4-15,23H,3,16,30H2,1-2H3. The minimum absolute atomic E-state index is 0.0111. The topological polar surface area (TPSA) is 110 Å². The molecule has 4 aromatic rings. The second-order valence-corrected chi connectivity index (χ2v) is 8.35. The highest BCUT2D eigenvalue weighted by atomic mass is 16.5. The molecule has 8 nitrogen and oxygen atoms in total. The van der Waals surface area contributed by atoms with E-state index < -0.39 is 17.5 Å². The molecule has 0 radical (unpaired) electrons. The van der Waals surface area contributed by atoms with Crippen molar-refractivity contribution in [2.75, 3.05) is 13.7 Å². The van der Waals surface area contributed by atoms with Crippen LogP contribution in [0.15, 0.2) is 93.5 Å². The van der Waals surface area contributed by atoms with Crippen molar-refractivity contribution >= 4 is 16.9 Å². The SMILES string of the molecule is CCOC(=O)C1=C(N)Oc2c(c(=O)oc3ccccc23)C1c1ccc(OCc2ccccc2)c(OC)c1. The number of carbonyl (C=O) groups excluding carboxylic acids is 1. The van der Waals surface area contributed by atoms with Gasteiger partial charge in [0.05, 0.1) is 30.6 Å². The fraction of sp³-hybridized carbons (Fsp3) is 0.172. The van der Waals surface area contributed by atoms with Crippen molar-refractivity contribution < 1.29 is 28.2 Å². The Morgan fingerprint density at radius 2 is 1.76 bits per heavy atom. The Labute approximate surface area is 212 Å². The third kappa shape index (κ3) is 4.49. The fourth-order valence-electron chi connectivity index (χ4n) is 4.43. The van der Waals surface area contributed by atoms with E-state index in [-0.39, 0.29) is 29.4 Å². The molecular weight excluding hydrogens is 474 g/mol. The van der Waals surface area contributed by atoms with Gasteiger partial charge in [0.25, 0.3) is 0 Å². The molecule has 0 amide bonds. The summed E-state index contributed by atoms with van der Waals surface area (Å²) in [7, 11) is 1.52. The van der Waals surface area contributed by atoms with Gasteiger partial charge >= 0.3 is 11.6 Å². The predicted molar refractivity (Wildman–Crippen MR) is 137 cm³/mol. The first-order chi connectivity index (χ1) is 18.0. The molecule has 1 aromatic heterocycles. The van der Waals surface area contributed by atoms with E-state index in [1.54, 1.807) is 49.4 Å². The van der Waals surface area contributed by atoms with E-state index in [1.807, 2.05) is 30.3 Å². The van der Waals surface area contributed by atoms with Crippen LogP contribution in [0.3, 0.4) is 0 Å². The van der Waals surface area contributed by atoms with Crippen LogP contribution in [-0.2, 0) is 16.1 Å². The van der Waals surface area contributed by atoms with Gasteiger partial charge in [-0.05, 0) is 42.3 Å². The summed E-state index contributed by atoms with van der Waals surface area (Å²) in [5, 5.41) is 0.558. The Balaban J connectivity index is 1.64. The van der Waals surface area contributed by atoms with E-state index in [0.29, 0.717) is 34.6 Å². The van der Waals surface area contributed by atoms with E-state index in [2.05, 4.69) is 0 Å². The minimum Gasteiger partial charge on any atom is -0.493 e. The lowest BCUT2D eigenvalue weighted by Gasteiger charge is -2.28. The van der Waals surface area contributed by atoms with Crippen LogP contribution in [-0.4, -0.2) is 19.7 Å². The summed E-state index contributed by atoms with van der Waals surface area (Å²) < 4.78 is 28.3. The first-order valence-corrected chi connectivity index (χ1v) is 11.8. The van der Waals surface area contributed by atoms with Crippen molar-refractivity contribution in [3.05, 3.63) is 111 Å². The molecule has 0 aliphatic carbocycles. The van der Waals surface area contributed by atoms with Crippen molar-refractivity contribution in [2.24, 2.45) is 5.73 Å². The van der Waals surface area contributed by atoms with Gasteiger partial charge < -0.3 is 29.1 Å². The second kappa shape index (κ2) is 10.1. The maximum atomic E-state index is 13.3. The zero-order chi connectivity index (χ0) is 25.9. The summed E-state index contributed by atoms with van der Waals surface area (Å²) >= 11 is 0. The molecule has 1 aliphatic rings. The molecule has 1 unspecified atom stereocenters. The third-order valence-corrected chi connectivity index (χ3v) is 6.11. The number of hydrogen-bond acceptors (Lipinski definition) is 8. The third-order valence-electron chi connectivity index (χ3n) is 6.11. The maximum absolute atomic E-state index is 13.3. The van der Waals surface area contributed by atoms with Crippen LogP contribution < -0.4 is 25.6 Å². The van der Waals surface area contributed by atoms with Crippen molar-refractivity contribution in [1.82, 2.24) is 0 Å². The number of hydrogen-bond donors (Lipinski definition) is 1. The molecule has 0 bridgehead atoms. The predicted octanol–water partition coefficient (Wildman–Crippen LogP) is 4.64. The lowest BCUT2D eigenvalue weighted by atomic mass is 9.83. The number of methoxy groups -OCH3 is 1. The van der Waals surface area contributed by atoms with Gasteiger partial charge in [0, 0.05) is 0 Å². The van der Waals surface area contributed by atoms with Crippen LogP contribution in [0, 0.1) is 0 Å². The van der Waals surface area contributed by atoms with Gasteiger partial charge in [-0.3, -0.25) is 0 Å². The number of rotatable bonds is 7. The summed E-state index contributed by atoms with van der Waals surface area (Å²) in [6.07, 6.45) is 0. The van der Waals surface area contributed by atoms with E-state index in [4.69, 9.17) is 29.1 Å². The average Bonchev–Trinajstić information content (AvgIpc) is 2.92. The van der Waals surface area contributed by atoms with Gasteiger partial charge in [0.2, 0.25) is 5.88 Å². The first-order valence-electron chi connectivity index (χ1n) is 11.8. The number of nitrogens with two attached hydrogens (primary N) is 1. The smallest absolute Gasteiger partial charge is 0.344 e. The van der Waals surface area contributed by atoms with Gasteiger partial charge in [0.15, 0.2) is 17.2 Å². The molecule has 3 aromatic carbocycles. The van der Waals surface area contributed by atoms with E-state index >= 15 is 0 Å². The molecule has 1 atom stereocenters. The largest absolute Gasteiger partial charge is 0.493 e. The maximum Gasteiger partial charge on any atom is 0.344 e. The Morgan fingerprint density at radius 1 is 1.00 bits per heavy atom. The van der Waals surface area contributed by atoms with Gasteiger partial charge in [-0.1, -0.05) is 48.5 Å². The molecular formula is C29H25NO7. The molecule has 0 spiro atoms. The van der Waals surface area contributed by atoms with Crippen molar-refractivity contribution in [3.63, 3.8) is 0 Å². The molecule has 5 rings (SSSR count). The summed E-state index contributed by atoms with van der Waals surface area (Å²) in [6.45, 7) is 2.15. The molecule has 0 fully saturated rings. The highest BCUT2D eigenvalue weighted by Crippen LogP contribution is 2.45. The lowest BCUT2D eigenvalue weighted by Crippen LogP contribution is -2.31. The van der Waals surface area contributed by atoms with Gasteiger partial charge in [0.1, 0.15) is 17.8 Å². The Morgan fingerprint density at radius 3 is 2.51 bits per heavy atom. The van der Waals surface area contributed by atoms with E-state index in [1.165, 1.54) is 7.11 Å². The van der Waals surface area contributed by atoms with Crippen LogP contribution in [0.2, 0.25) is 0 Å². The summed E-state index contributed by atoms with van der Waals surface area (Å²) in [5.74, 6) is -0.579. The van der Waals surface area contributed by atoms with Crippen LogP contribution in [0.5, 0.6) is 17.2 Å². The quantitative estimate of drug-likeness (QED) is 0.289. The number of carbonyl (C=O) groups is 1. The monoisotopic (exact) mass is 499 g/mol.